The first-order chi connectivity index (χ1) is 13.6. The molecule has 2 aromatic carbocycles. The lowest BCUT2D eigenvalue weighted by Crippen LogP contribution is -2.10. The number of hydrogen-bond donors (Lipinski definition) is 1. The van der Waals surface area contributed by atoms with Crippen LogP contribution in [0.15, 0.2) is 53.9 Å². The molecule has 4 aromatic rings. The van der Waals surface area contributed by atoms with Gasteiger partial charge in [0, 0.05) is 21.0 Å². The quantitative estimate of drug-likeness (QED) is 0.360. The van der Waals surface area contributed by atoms with Gasteiger partial charge in [-0.3, -0.25) is 10.1 Å². The van der Waals surface area contributed by atoms with Crippen molar-refractivity contribution in [3.63, 3.8) is 0 Å². The summed E-state index contributed by atoms with van der Waals surface area (Å²) in [6.07, 6.45) is 1.12. The highest BCUT2D eigenvalue weighted by atomic mass is 35.5. The maximum atomic E-state index is 12.7. The summed E-state index contributed by atoms with van der Waals surface area (Å²) in [7, 11) is 0. The molecule has 0 spiro atoms. The van der Waals surface area contributed by atoms with Gasteiger partial charge in [-0.1, -0.05) is 67.9 Å². The summed E-state index contributed by atoms with van der Waals surface area (Å²) >= 11 is 9.21. The lowest BCUT2D eigenvalue weighted by Gasteiger charge is -2.08. The first-order valence-corrected chi connectivity index (χ1v) is 11.2. The molecule has 2 heterocycles. The molecular formula is C22H19ClN2OS2. The molecule has 1 amide bonds. The molecule has 0 fully saturated rings. The number of nitrogens with zero attached hydrogens (tertiary/aromatic N) is 1. The summed E-state index contributed by atoms with van der Waals surface area (Å²) in [6.45, 7) is 4.42. The van der Waals surface area contributed by atoms with Gasteiger partial charge in [0.2, 0.25) is 0 Å². The van der Waals surface area contributed by atoms with Crippen LogP contribution in [0.4, 0.5) is 5.13 Å². The third-order valence-corrected chi connectivity index (χ3v) is 7.29. The number of halogens is 1. The average molecular weight is 427 g/mol. The Kier molecular flexibility index (Phi) is 5.49. The monoisotopic (exact) mass is 426 g/mol. The zero-order valence-electron chi connectivity index (χ0n) is 15.5. The average Bonchev–Trinajstić information content (AvgIpc) is 3.32. The summed E-state index contributed by atoms with van der Waals surface area (Å²) in [5.41, 5.74) is 3.23. The number of anilines is 1. The molecule has 0 saturated carbocycles. The number of rotatable bonds is 5. The molecule has 1 unspecified atom stereocenters. The number of fused-ring (bicyclic) bond motifs is 1. The van der Waals surface area contributed by atoms with Crippen molar-refractivity contribution in [1.82, 2.24) is 4.98 Å². The van der Waals surface area contributed by atoms with Crippen LogP contribution in [0, 0.1) is 0 Å². The van der Waals surface area contributed by atoms with Crippen LogP contribution in [0.2, 0.25) is 5.02 Å². The van der Waals surface area contributed by atoms with E-state index in [1.54, 1.807) is 0 Å². The van der Waals surface area contributed by atoms with Crippen LogP contribution in [-0.4, -0.2) is 10.9 Å². The minimum Gasteiger partial charge on any atom is -0.297 e. The Morgan fingerprint density at radius 1 is 1.18 bits per heavy atom. The number of amides is 1. The lowest BCUT2D eigenvalue weighted by molar-refractivity contribution is 0.103. The number of aromatic nitrogens is 1. The molecule has 0 saturated heterocycles. The van der Waals surface area contributed by atoms with Gasteiger partial charge in [0.05, 0.1) is 10.7 Å². The van der Waals surface area contributed by atoms with Gasteiger partial charge in [0.15, 0.2) is 5.13 Å². The molecule has 1 atom stereocenters. The second-order valence-corrected chi connectivity index (χ2v) is 8.95. The van der Waals surface area contributed by atoms with E-state index in [2.05, 4.69) is 48.4 Å². The fourth-order valence-corrected chi connectivity index (χ4v) is 5.12. The Balaban J connectivity index is 1.53. The lowest BCUT2D eigenvalue weighted by atomic mass is 9.97. The van der Waals surface area contributed by atoms with E-state index in [-0.39, 0.29) is 5.91 Å². The zero-order chi connectivity index (χ0) is 19.7. The Hall–Kier alpha value is -2.21. The molecule has 0 aliphatic carbocycles. The molecule has 0 aliphatic heterocycles. The zero-order valence-corrected chi connectivity index (χ0v) is 17.9. The van der Waals surface area contributed by atoms with Crippen molar-refractivity contribution in [2.45, 2.75) is 26.2 Å². The van der Waals surface area contributed by atoms with Crippen molar-refractivity contribution >= 4 is 55.4 Å². The number of thiazole rings is 1. The van der Waals surface area contributed by atoms with Crippen LogP contribution >= 0.6 is 34.3 Å². The van der Waals surface area contributed by atoms with Crippen LogP contribution in [0.5, 0.6) is 0 Å². The van der Waals surface area contributed by atoms with Crippen LogP contribution in [0.25, 0.3) is 21.3 Å². The highest BCUT2D eigenvalue weighted by Gasteiger charge is 2.18. The molecule has 6 heteroatoms. The van der Waals surface area contributed by atoms with Gasteiger partial charge in [0.25, 0.3) is 5.91 Å². The maximum absolute atomic E-state index is 12.7. The van der Waals surface area contributed by atoms with Crippen molar-refractivity contribution in [2.75, 3.05) is 5.32 Å². The number of benzene rings is 2. The number of hydrogen-bond acceptors (Lipinski definition) is 4. The summed E-state index contributed by atoms with van der Waals surface area (Å²) in [5, 5.41) is 6.81. The molecular weight excluding hydrogens is 408 g/mol. The minimum atomic E-state index is -0.223. The van der Waals surface area contributed by atoms with E-state index in [0.717, 1.165) is 27.8 Å². The van der Waals surface area contributed by atoms with E-state index in [9.17, 15) is 4.79 Å². The molecule has 0 radical (unpaired) electrons. The number of nitrogens with one attached hydrogen (secondary N) is 1. The van der Waals surface area contributed by atoms with E-state index >= 15 is 0 Å². The SMILES string of the molecule is CCC(C)c1ccc(-c2csc(NC(=O)c3sc4ccccc4c3Cl)n2)cc1. The second kappa shape index (κ2) is 8.03. The van der Waals surface area contributed by atoms with Gasteiger partial charge in [-0.25, -0.2) is 4.98 Å². The minimum absolute atomic E-state index is 0.223. The van der Waals surface area contributed by atoms with Gasteiger partial charge in [-0.05, 0) is 24.0 Å². The van der Waals surface area contributed by atoms with E-state index in [0.29, 0.717) is 20.9 Å². The van der Waals surface area contributed by atoms with Crippen molar-refractivity contribution in [1.29, 1.82) is 0 Å². The summed E-state index contributed by atoms with van der Waals surface area (Å²) in [4.78, 5) is 17.8. The fraction of sp³-hybridized carbons (Fsp3) is 0.182. The molecule has 0 aliphatic rings. The van der Waals surface area contributed by atoms with Crippen LogP contribution < -0.4 is 5.32 Å². The predicted molar refractivity (Wildman–Crippen MR) is 121 cm³/mol. The molecule has 1 N–H and O–H groups in total. The van der Waals surface area contributed by atoms with Crippen molar-refractivity contribution in [2.24, 2.45) is 0 Å². The Labute approximate surface area is 177 Å². The number of carbonyl (C=O) groups is 1. The number of thiophene rings is 1. The van der Waals surface area contributed by atoms with E-state index < -0.39 is 0 Å². The third-order valence-electron chi connectivity index (χ3n) is 4.85. The Morgan fingerprint density at radius 3 is 2.64 bits per heavy atom. The van der Waals surface area contributed by atoms with Gasteiger partial charge in [-0.2, -0.15) is 0 Å². The standard InChI is InChI=1S/C22H19ClN2OS2/c1-3-13(2)14-8-10-15(11-9-14)17-12-27-22(24-17)25-21(26)20-19(23)16-6-4-5-7-18(16)28-20/h4-13H,3H2,1-2H3,(H,24,25,26). The molecule has 28 heavy (non-hydrogen) atoms. The Morgan fingerprint density at radius 2 is 1.93 bits per heavy atom. The van der Waals surface area contributed by atoms with Crippen LogP contribution in [-0.2, 0) is 0 Å². The summed E-state index contributed by atoms with van der Waals surface area (Å²) in [6, 6.07) is 16.2. The first kappa shape index (κ1) is 19.1. The van der Waals surface area contributed by atoms with Gasteiger partial charge in [-0.15, -0.1) is 22.7 Å². The smallest absolute Gasteiger partial charge is 0.269 e. The molecule has 0 bridgehead atoms. The van der Waals surface area contributed by atoms with Crippen molar-refractivity contribution in [3.8, 4) is 11.3 Å². The number of carbonyl (C=O) groups excluding carboxylic acids is 1. The maximum Gasteiger partial charge on any atom is 0.269 e. The summed E-state index contributed by atoms with van der Waals surface area (Å²) in [5.74, 6) is 0.324. The highest BCUT2D eigenvalue weighted by Crippen LogP contribution is 2.36. The first-order valence-electron chi connectivity index (χ1n) is 9.11. The van der Waals surface area contributed by atoms with Gasteiger partial charge >= 0.3 is 0 Å². The molecule has 142 valence electrons. The highest BCUT2D eigenvalue weighted by molar-refractivity contribution is 7.21. The molecule has 4 rings (SSSR count). The van der Waals surface area contributed by atoms with Crippen LogP contribution in [0.1, 0.15) is 41.4 Å². The van der Waals surface area contributed by atoms with Gasteiger partial charge < -0.3 is 0 Å². The molecule has 2 aromatic heterocycles. The largest absolute Gasteiger partial charge is 0.297 e. The normalized spacial score (nSPS) is 12.2. The van der Waals surface area contributed by atoms with Crippen molar-refractivity contribution in [3.05, 3.63) is 69.4 Å². The van der Waals surface area contributed by atoms with Crippen LogP contribution in [0.3, 0.4) is 0 Å². The third kappa shape index (κ3) is 3.70. The van der Waals surface area contributed by atoms with E-state index in [1.165, 1.54) is 28.2 Å². The topological polar surface area (TPSA) is 42.0 Å². The second-order valence-electron chi connectivity index (χ2n) is 6.66. The van der Waals surface area contributed by atoms with Crippen molar-refractivity contribution < 1.29 is 4.79 Å². The molecule has 3 nitrogen and oxygen atoms in total. The summed E-state index contributed by atoms with van der Waals surface area (Å²) < 4.78 is 0.999. The Bertz CT molecular complexity index is 1130. The fourth-order valence-electron chi connectivity index (χ4n) is 3.00. The predicted octanol–water partition coefficient (Wildman–Crippen LogP) is 7.44. The van der Waals surface area contributed by atoms with Gasteiger partial charge in [0.1, 0.15) is 4.88 Å². The van der Waals surface area contributed by atoms with E-state index in [4.69, 9.17) is 11.6 Å². The van der Waals surface area contributed by atoms with E-state index in [1.807, 2.05) is 29.6 Å².